The van der Waals surface area contributed by atoms with Crippen LogP contribution in [0.1, 0.15) is 46.0 Å². The number of allylic oxidation sites excluding steroid dienone is 4. The molecule has 4 aliphatic rings. The van der Waals surface area contributed by atoms with E-state index in [0.717, 1.165) is 18.4 Å². The smallest absolute Gasteiger partial charge is 0.336 e. The van der Waals surface area contributed by atoms with E-state index in [1.165, 1.54) is 0 Å². The summed E-state index contributed by atoms with van der Waals surface area (Å²) in [6.45, 7) is 3.93. The fraction of sp³-hybridized carbons (Fsp3) is 0.700. The van der Waals surface area contributed by atoms with Crippen molar-refractivity contribution in [3.63, 3.8) is 0 Å². The highest BCUT2D eigenvalue weighted by Gasteiger charge is 2.68. The van der Waals surface area contributed by atoms with Crippen LogP contribution in [0.2, 0.25) is 0 Å². The second-order valence-corrected chi connectivity index (χ2v) is 8.92. The fourth-order valence-electron chi connectivity index (χ4n) is 6.68. The Labute approximate surface area is 147 Å². The molecule has 0 aromatic heterocycles. The van der Waals surface area contributed by atoms with Crippen molar-refractivity contribution in [3.05, 3.63) is 23.8 Å². The Morgan fingerprint density at radius 2 is 2.00 bits per heavy atom. The van der Waals surface area contributed by atoms with E-state index in [0.29, 0.717) is 6.42 Å². The van der Waals surface area contributed by atoms with Gasteiger partial charge in [0.2, 0.25) is 0 Å². The van der Waals surface area contributed by atoms with Crippen LogP contribution in [0.5, 0.6) is 0 Å². The number of rotatable bonds is 1. The largest absolute Gasteiger partial charge is 0.479 e. The Morgan fingerprint density at radius 1 is 1.28 bits per heavy atom. The third kappa shape index (κ3) is 1.97. The second kappa shape index (κ2) is 5.04. The van der Waals surface area contributed by atoms with Gasteiger partial charge < -0.3 is 15.3 Å². The summed E-state index contributed by atoms with van der Waals surface area (Å²) in [5.41, 5.74) is -1.86. The molecule has 0 saturated heterocycles. The maximum Gasteiger partial charge on any atom is 0.336 e. The Hall–Kier alpha value is -1.46. The summed E-state index contributed by atoms with van der Waals surface area (Å²) in [4.78, 5) is 23.6. The summed E-state index contributed by atoms with van der Waals surface area (Å²) < 4.78 is 0. The molecule has 136 valence electrons. The minimum absolute atomic E-state index is 0.00202. The summed E-state index contributed by atoms with van der Waals surface area (Å²) >= 11 is 0. The number of carboxylic acids is 1. The lowest BCUT2D eigenvalue weighted by molar-refractivity contribution is -0.192. The lowest BCUT2D eigenvalue weighted by Crippen LogP contribution is -2.61. The van der Waals surface area contributed by atoms with E-state index in [9.17, 15) is 24.9 Å². The van der Waals surface area contributed by atoms with Crippen LogP contribution in [-0.4, -0.2) is 38.8 Å². The highest BCUT2D eigenvalue weighted by Crippen LogP contribution is 2.66. The third-order valence-corrected chi connectivity index (χ3v) is 8.00. The van der Waals surface area contributed by atoms with Crippen LogP contribution in [0.15, 0.2) is 23.8 Å². The maximum atomic E-state index is 11.8. The van der Waals surface area contributed by atoms with Crippen LogP contribution < -0.4 is 0 Å². The number of aliphatic carboxylic acids is 1. The SMILES string of the molecule is C[C@@]12C=CC(=O)C=C1CC[C@H]1[C@H]2[C@H](O)C[C@]2(C)[C@@H]1CC[C@@]2(O)C(=O)O. The van der Waals surface area contributed by atoms with E-state index in [4.69, 9.17) is 0 Å². The molecule has 3 fully saturated rings. The lowest BCUT2D eigenvalue weighted by atomic mass is 9.46. The highest BCUT2D eigenvalue weighted by molar-refractivity contribution is 6.01. The Balaban J connectivity index is 1.76. The predicted octanol–water partition coefficient (Wildman–Crippen LogP) is 2.08. The molecule has 0 bridgehead atoms. The number of aliphatic hydroxyl groups is 2. The summed E-state index contributed by atoms with van der Waals surface area (Å²) in [6.07, 6.45) is 7.37. The molecule has 0 aromatic carbocycles. The van der Waals surface area contributed by atoms with Gasteiger partial charge in [-0.2, -0.15) is 0 Å². The van der Waals surface area contributed by atoms with Crippen LogP contribution in [0.4, 0.5) is 0 Å². The van der Waals surface area contributed by atoms with Crippen molar-refractivity contribution in [2.24, 2.45) is 28.6 Å². The fourth-order valence-corrected chi connectivity index (χ4v) is 6.68. The monoisotopic (exact) mass is 346 g/mol. The Bertz CT molecular complexity index is 709. The normalized spacial score (nSPS) is 51.4. The number of carboxylic acid groups (broad SMARTS) is 1. The number of ketones is 1. The van der Waals surface area contributed by atoms with Gasteiger partial charge in [-0.1, -0.05) is 25.5 Å². The zero-order chi connectivity index (χ0) is 18.2. The van der Waals surface area contributed by atoms with Gasteiger partial charge in [0.15, 0.2) is 11.4 Å². The zero-order valence-corrected chi connectivity index (χ0v) is 14.7. The van der Waals surface area contributed by atoms with E-state index in [2.05, 4.69) is 6.92 Å². The average Bonchev–Trinajstić information content (AvgIpc) is 2.80. The van der Waals surface area contributed by atoms with E-state index in [1.54, 1.807) is 12.2 Å². The van der Waals surface area contributed by atoms with Gasteiger partial charge in [-0.3, -0.25) is 4.79 Å². The highest BCUT2D eigenvalue weighted by atomic mass is 16.4. The Morgan fingerprint density at radius 3 is 2.68 bits per heavy atom. The van der Waals surface area contributed by atoms with Crippen molar-refractivity contribution in [1.29, 1.82) is 0 Å². The molecule has 3 saturated carbocycles. The van der Waals surface area contributed by atoms with Crippen molar-refractivity contribution in [2.75, 3.05) is 0 Å². The number of carbonyl (C=O) groups excluding carboxylic acids is 1. The second-order valence-electron chi connectivity index (χ2n) is 8.92. The third-order valence-electron chi connectivity index (χ3n) is 8.00. The molecule has 0 aromatic rings. The molecule has 5 heteroatoms. The molecular weight excluding hydrogens is 320 g/mol. The molecule has 0 heterocycles. The zero-order valence-electron chi connectivity index (χ0n) is 14.7. The van der Waals surface area contributed by atoms with E-state index < -0.39 is 23.1 Å². The van der Waals surface area contributed by atoms with Crippen molar-refractivity contribution < 1.29 is 24.9 Å². The number of hydrogen-bond donors (Lipinski definition) is 3. The van der Waals surface area contributed by atoms with E-state index in [1.807, 2.05) is 13.0 Å². The first kappa shape index (κ1) is 17.0. The van der Waals surface area contributed by atoms with Crippen molar-refractivity contribution in [3.8, 4) is 0 Å². The van der Waals surface area contributed by atoms with Crippen molar-refractivity contribution in [2.45, 2.75) is 57.7 Å². The molecule has 25 heavy (non-hydrogen) atoms. The van der Waals surface area contributed by atoms with Gasteiger partial charge in [-0.05, 0) is 56.1 Å². The van der Waals surface area contributed by atoms with Gasteiger partial charge in [-0.15, -0.1) is 0 Å². The van der Waals surface area contributed by atoms with Gasteiger partial charge in [-0.25, -0.2) is 4.79 Å². The molecule has 0 spiro atoms. The predicted molar refractivity (Wildman–Crippen MR) is 90.6 cm³/mol. The van der Waals surface area contributed by atoms with Gasteiger partial charge in [0.25, 0.3) is 0 Å². The minimum Gasteiger partial charge on any atom is -0.479 e. The van der Waals surface area contributed by atoms with Crippen LogP contribution >= 0.6 is 0 Å². The van der Waals surface area contributed by atoms with Crippen molar-refractivity contribution in [1.82, 2.24) is 0 Å². The molecule has 7 atom stereocenters. The number of fused-ring (bicyclic) bond motifs is 5. The summed E-state index contributed by atoms with van der Waals surface area (Å²) in [5.74, 6) is -0.976. The number of carbonyl (C=O) groups is 2. The molecule has 0 amide bonds. The minimum atomic E-state index is -1.76. The molecule has 0 aliphatic heterocycles. The molecule has 0 radical (unpaired) electrons. The van der Waals surface area contributed by atoms with Crippen LogP contribution in [0, 0.1) is 28.6 Å². The molecule has 4 aliphatic carbocycles. The maximum absolute atomic E-state index is 11.8. The van der Waals surface area contributed by atoms with Crippen LogP contribution in [0.25, 0.3) is 0 Å². The Kier molecular flexibility index (Phi) is 3.42. The molecule has 0 unspecified atom stereocenters. The van der Waals surface area contributed by atoms with Gasteiger partial charge in [0, 0.05) is 16.7 Å². The topological polar surface area (TPSA) is 94.8 Å². The summed E-state index contributed by atoms with van der Waals surface area (Å²) in [5, 5.41) is 31.6. The van der Waals surface area contributed by atoms with Crippen molar-refractivity contribution >= 4 is 11.8 Å². The average molecular weight is 346 g/mol. The van der Waals surface area contributed by atoms with Crippen LogP contribution in [0.3, 0.4) is 0 Å². The molecule has 5 nitrogen and oxygen atoms in total. The van der Waals surface area contributed by atoms with Gasteiger partial charge >= 0.3 is 5.97 Å². The lowest BCUT2D eigenvalue weighted by Gasteiger charge is -2.59. The van der Waals surface area contributed by atoms with Gasteiger partial charge in [0.05, 0.1) is 6.10 Å². The number of hydrogen-bond acceptors (Lipinski definition) is 4. The quantitative estimate of drug-likeness (QED) is 0.676. The van der Waals surface area contributed by atoms with E-state index >= 15 is 0 Å². The first-order valence-electron chi connectivity index (χ1n) is 9.21. The first-order chi connectivity index (χ1) is 11.6. The summed E-state index contributed by atoms with van der Waals surface area (Å²) in [7, 11) is 0. The van der Waals surface area contributed by atoms with Crippen LogP contribution in [-0.2, 0) is 9.59 Å². The molecule has 3 N–H and O–H groups in total. The standard InChI is InChI=1S/C20H26O5/c1-18-7-5-12(21)9-11(18)3-4-13-14-6-8-20(25,17(23)24)19(14,2)10-15(22)16(13)18/h5,7,9,13-16,22,25H,3-4,6,8,10H2,1-2H3,(H,23,24)/t13-,14-,15-,16+,18-,19-,20-/m1/s1. The molecule has 4 rings (SSSR count). The summed E-state index contributed by atoms with van der Waals surface area (Å²) in [6, 6.07) is 0. The van der Waals surface area contributed by atoms with E-state index in [-0.39, 0.29) is 41.8 Å². The number of aliphatic hydroxyl groups excluding tert-OH is 1. The first-order valence-corrected chi connectivity index (χ1v) is 9.21. The molecular formula is C20H26O5. The van der Waals surface area contributed by atoms with Gasteiger partial charge in [0.1, 0.15) is 0 Å².